The summed E-state index contributed by atoms with van der Waals surface area (Å²) in [7, 11) is 0. The minimum atomic E-state index is -1.58. The van der Waals surface area contributed by atoms with E-state index < -0.39 is 12.5 Å². The highest BCUT2D eigenvalue weighted by Crippen LogP contribution is 2.06. The van der Waals surface area contributed by atoms with Crippen LogP contribution in [0, 0.1) is 6.17 Å². The molecule has 3 heteroatoms. The Kier molecular flexibility index (Phi) is 3.69. The summed E-state index contributed by atoms with van der Waals surface area (Å²) < 4.78 is 23.8. The fraction of sp³-hybridized carbons (Fsp3) is 0.800. The molecule has 8 heavy (non-hydrogen) atoms. The van der Waals surface area contributed by atoms with E-state index >= 15 is 0 Å². The summed E-state index contributed by atoms with van der Waals surface area (Å²) in [5.74, 6) is 0. The molecule has 0 bridgehead atoms. The molecule has 0 aromatic rings. The van der Waals surface area contributed by atoms with Crippen LogP contribution in [0.1, 0.15) is 13.8 Å². The van der Waals surface area contributed by atoms with E-state index in [9.17, 15) is 8.78 Å². The average Bonchev–Trinajstić information content (AvgIpc) is 1.67. The van der Waals surface area contributed by atoms with Crippen LogP contribution in [0.25, 0.3) is 0 Å². The standard InChI is InChI=1S/C5H10F2N/c1-3-8-5(7)4(2)6/h5,8H,3H2,1-2H3. The van der Waals surface area contributed by atoms with Gasteiger partial charge >= 0.3 is 0 Å². The van der Waals surface area contributed by atoms with Crippen LogP contribution in [0.15, 0.2) is 0 Å². The minimum absolute atomic E-state index is 0.447. The molecule has 1 atom stereocenters. The fourth-order valence-corrected chi connectivity index (χ4v) is 0.320. The molecular weight excluding hydrogens is 112 g/mol. The van der Waals surface area contributed by atoms with Gasteiger partial charge in [-0.05, 0) is 13.5 Å². The van der Waals surface area contributed by atoms with Crippen molar-refractivity contribution in [3.05, 3.63) is 6.17 Å². The second kappa shape index (κ2) is 3.78. The molecule has 0 amide bonds. The third kappa shape index (κ3) is 2.91. The van der Waals surface area contributed by atoms with E-state index in [1.165, 1.54) is 0 Å². The molecule has 0 aromatic heterocycles. The number of rotatable bonds is 3. The van der Waals surface area contributed by atoms with Crippen LogP contribution in [0.5, 0.6) is 0 Å². The SMILES string of the molecule is CCNC(F)[C](C)F. The van der Waals surface area contributed by atoms with Gasteiger partial charge in [-0.2, -0.15) is 0 Å². The van der Waals surface area contributed by atoms with Crippen LogP contribution < -0.4 is 5.32 Å². The Morgan fingerprint density at radius 2 is 2.25 bits per heavy atom. The van der Waals surface area contributed by atoms with E-state index in [-0.39, 0.29) is 0 Å². The molecule has 0 saturated heterocycles. The third-order valence-corrected chi connectivity index (χ3v) is 0.733. The lowest BCUT2D eigenvalue weighted by atomic mass is 10.4. The summed E-state index contributed by atoms with van der Waals surface area (Å²) in [6, 6.07) is 0. The van der Waals surface area contributed by atoms with Crippen LogP contribution in [0.3, 0.4) is 0 Å². The van der Waals surface area contributed by atoms with E-state index in [0.717, 1.165) is 6.92 Å². The summed E-state index contributed by atoms with van der Waals surface area (Å²) in [5, 5.41) is 2.27. The quantitative estimate of drug-likeness (QED) is 0.558. The van der Waals surface area contributed by atoms with E-state index in [0.29, 0.717) is 6.54 Å². The van der Waals surface area contributed by atoms with Gasteiger partial charge in [0.2, 0.25) is 0 Å². The van der Waals surface area contributed by atoms with Crippen LogP contribution in [-0.2, 0) is 0 Å². The summed E-state index contributed by atoms with van der Waals surface area (Å²) in [4.78, 5) is 0. The van der Waals surface area contributed by atoms with Gasteiger partial charge in [-0.15, -0.1) is 0 Å². The summed E-state index contributed by atoms with van der Waals surface area (Å²) in [6.07, 6.45) is -2.30. The minimum Gasteiger partial charge on any atom is -0.285 e. The molecule has 0 saturated carbocycles. The molecule has 0 aliphatic heterocycles. The van der Waals surface area contributed by atoms with Gasteiger partial charge in [0, 0.05) is 0 Å². The lowest BCUT2D eigenvalue weighted by Crippen LogP contribution is -2.27. The Morgan fingerprint density at radius 1 is 1.75 bits per heavy atom. The fourth-order valence-electron chi connectivity index (χ4n) is 0.320. The van der Waals surface area contributed by atoms with Gasteiger partial charge in [-0.1, -0.05) is 6.92 Å². The molecule has 1 unspecified atom stereocenters. The average molecular weight is 122 g/mol. The van der Waals surface area contributed by atoms with Gasteiger partial charge in [0.1, 0.15) is 0 Å². The number of halogens is 2. The Bertz CT molecular complexity index is 56.4. The van der Waals surface area contributed by atoms with Crippen molar-refractivity contribution >= 4 is 0 Å². The number of nitrogens with one attached hydrogen (secondary N) is 1. The molecule has 0 aliphatic carbocycles. The van der Waals surface area contributed by atoms with Crippen LogP contribution in [-0.4, -0.2) is 12.8 Å². The highest BCUT2D eigenvalue weighted by atomic mass is 19.2. The zero-order valence-electron chi connectivity index (χ0n) is 5.04. The summed E-state index contributed by atoms with van der Waals surface area (Å²) in [6.45, 7) is 3.27. The molecular formula is C5H10F2N. The molecule has 49 valence electrons. The first-order chi connectivity index (χ1) is 3.68. The Morgan fingerprint density at radius 3 is 2.38 bits per heavy atom. The van der Waals surface area contributed by atoms with Crippen molar-refractivity contribution in [1.29, 1.82) is 0 Å². The molecule has 1 radical (unpaired) electrons. The zero-order chi connectivity index (χ0) is 6.57. The lowest BCUT2D eigenvalue weighted by Gasteiger charge is -2.06. The van der Waals surface area contributed by atoms with Crippen LogP contribution in [0.2, 0.25) is 0 Å². The van der Waals surface area contributed by atoms with Gasteiger partial charge in [0.05, 0.1) is 0 Å². The van der Waals surface area contributed by atoms with E-state index in [4.69, 9.17) is 0 Å². The van der Waals surface area contributed by atoms with Crippen LogP contribution >= 0.6 is 0 Å². The van der Waals surface area contributed by atoms with Crippen molar-refractivity contribution in [2.45, 2.75) is 20.1 Å². The van der Waals surface area contributed by atoms with Crippen molar-refractivity contribution in [3.63, 3.8) is 0 Å². The van der Waals surface area contributed by atoms with E-state index in [1.807, 2.05) is 0 Å². The van der Waals surface area contributed by atoms with Crippen LogP contribution in [0.4, 0.5) is 8.78 Å². The molecule has 0 spiro atoms. The first-order valence-electron chi connectivity index (χ1n) is 2.55. The van der Waals surface area contributed by atoms with Crippen molar-refractivity contribution in [2.75, 3.05) is 6.54 Å². The maximum Gasteiger partial charge on any atom is 0.190 e. The Hall–Kier alpha value is -0.180. The smallest absolute Gasteiger partial charge is 0.190 e. The second-order valence-corrected chi connectivity index (χ2v) is 1.51. The molecule has 0 aromatic carbocycles. The zero-order valence-corrected chi connectivity index (χ0v) is 5.04. The van der Waals surface area contributed by atoms with Gasteiger partial charge in [-0.3, -0.25) is 5.32 Å². The maximum absolute atomic E-state index is 12.0. The van der Waals surface area contributed by atoms with Gasteiger partial charge in [0.15, 0.2) is 12.5 Å². The van der Waals surface area contributed by atoms with Crippen molar-refractivity contribution < 1.29 is 8.78 Å². The third-order valence-electron chi connectivity index (χ3n) is 0.733. The lowest BCUT2D eigenvalue weighted by molar-refractivity contribution is 0.226. The number of hydrogen-bond acceptors (Lipinski definition) is 1. The molecule has 0 heterocycles. The van der Waals surface area contributed by atoms with Gasteiger partial charge < -0.3 is 0 Å². The molecule has 0 fully saturated rings. The van der Waals surface area contributed by atoms with Gasteiger partial charge in [0.25, 0.3) is 0 Å². The monoisotopic (exact) mass is 122 g/mol. The Balaban J connectivity index is 3.17. The largest absolute Gasteiger partial charge is 0.285 e. The van der Waals surface area contributed by atoms with E-state index in [2.05, 4.69) is 5.32 Å². The molecule has 1 nitrogen and oxygen atoms in total. The summed E-state index contributed by atoms with van der Waals surface area (Å²) in [5.41, 5.74) is 0. The molecule has 0 rings (SSSR count). The number of hydrogen-bond donors (Lipinski definition) is 1. The van der Waals surface area contributed by atoms with Crippen molar-refractivity contribution in [2.24, 2.45) is 0 Å². The maximum atomic E-state index is 12.0. The summed E-state index contributed by atoms with van der Waals surface area (Å²) >= 11 is 0. The first kappa shape index (κ1) is 7.82. The van der Waals surface area contributed by atoms with Crippen molar-refractivity contribution in [3.8, 4) is 0 Å². The number of alkyl halides is 1. The topological polar surface area (TPSA) is 12.0 Å². The predicted octanol–water partition coefficient (Wildman–Crippen LogP) is 1.41. The first-order valence-corrected chi connectivity index (χ1v) is 2.55. The Labute approximate surface area is 48.1 Å². The van der Waals surface area contributed by atoms with E-state index in [1.54, 1.807) is 6.92 Å². The normalized spacial score (nSPS) is 14.6. The predicted molar refractivity (Wildman–Crippen MR) is 28.6 cm³/mol. The second-order valence-electron chi connectivity index (χ2n) is 1.51. The highest BCUT2D eigenvalue weighted by molar-refractivity contribution is 4.77. The molecule has 0 aliphatic rings. The van der Waals surface area contributed by atoms with Crippen molar-refractivity contribution in [1.82, 2.24) is 5.32 Å². The molecule has 1 N–H and O–H groups in total. The highest BCUT2D eigenvalue weighted by Gasteiger charge is 2.13. The van der Waals surface area contributed by atoms with Gasteiger partial charge in [-0.25, -0.2) is 8.78 Å².